The Morgan fingerprint density at radius 3 is 2.48 bits per heavy atom. The summed E-state index contributed by atoms with van der Waals surface area (Å²) < 4.78 is 5.12. The molecule has 2 rings (SSSR count). The zero-order chi connectivity index (χ0) is 18.4. The lowest BCUT2D eigenvalue weighted by Gasteiger charge is -2.31. The van der Waals surface area contributed by atoms with Crippen LogP contribution in [-0.4, -0.2) is 28.9 Å². The van der Waals surface area contributed by atoms with Crippen molar-refractivity contribution in [3.8, 4) is 0 Å². The summed E-state index contributed by atoms with van der Waals surface area (Å²) in [7, 11) is 0. The fraction of sp³-hybridized carbons (Fsp3) is 0.471. The Kier molecular flexibility index (Phi) is 10.6. The van der Waals surface area contributed by atoms with Gasteiger partial charge in [0.25, 0.3) is 5.91 Å². The molecule has 0 aliphatic rings. The van der Waals surface area contributed by atoms with E-state index in [-0.39, 0.29) is 48.6 Å². The van der Waals surface area contributed by atoms with Crippen LogP contribution in [0.3, 0.4) is 0 Å². The van der Waals surface area contributed by atoms with Crippen LogP contribution in [0.4, 0.5) is 5.13 Å². The molecule has 2 aromatic rings. The smallest absolute Gasteiger partial charge is 0.260 e. The Labute approximate surface area is 175 Å². The average Bonchev–Trinajstić information content (AvgIpc) is 3.21. The van der Waals surface area contributed by atoms with Gasteiger partial charge in [0.2, 0.25) is 5.91 Å². The molecule has 27 heavy (non-hydrogen) atoms. The lowest BCUT2D eigenvalue weighted by atomic mass is 9.92. The van der Waals surface area contributed by atoms with Crippen molar-refractivity contribution < 1.29 is 14.0 Å². The Hall–Kier alpha value is -1.61. The van der Waals surface area contributed by atoms with E-state index in [1.54, 1.807) is 18.4 Å². The number of anilines is 1. The predicted octanol–water partition coefficient (Wildman–Crippen LogP) is 3.32. The number of hydrogen-bond donors (Lipinski definition) is 3. The molecule has 0 radical (unpaired) electrons. The molecule has 0 atom stereocenters. The van der Waals surface area contributed by atoms with Crippen molar-refractivity contribution >= 4 is 53.1 Å². The minimum Gasteiger partial charge on any atom is -0.469 e. The highest BCUT2D eigenvalue weighted by molar-refractivity contribution is 7.14. The first-order valence-corrected chi connectivity index (χ1v) is 9.12. The summed E-state index contributed by atoms with van der Waals surface area (Å²) in [5, 5.41) is 7.94. The fourth-order valence-electron chi connectivity index (χ4n) is 2.50. The molecule has 0 saturated heterocycles. The molecule has 2 aromatic heterocycles. The van der Waals surface area contributed by atoms with Gasteiger partial charge in [-0.15, -0.1) is 36.2 Å². The zero-order valence-corrected chi connectivity index (χ0v) is 18.0. The highest BCUT2D eigenvalue weighted by atomic mass is 35.5. The van der Waals surface area contributed by atoms with Gasteiger partial charge in [-0.25, -0.2) is 4.98 Å². The monoisotopic (exact) mass is 436 g/mol. The molecule has 7 nitrogen and oxygen atoms in total. The second-order valence-corrected chi connectivity index (χ2v) is 6.76. The number of furan rings is 1. The molecule has 0 aliphatic carbocycles. The number of amides is 2. The van der Waals surface area contributed by atoms with E-state index in [1.165, 1.54) is 17.6 Å². The minimum absolute atomic E-state index is 0. The molecule has 0 unspecified atom stereocenters. The van der Waals surface area contributed by atoms with E-state index in [1.807, 2.05) is 13.8 Å². The first-order valence-electron chi connectivity index (χ1n) is 8.24. The van der Waals surface area contributed by atoms with Crippen LogP contribution in [0.15, 0.2) is 22.1 Å². The SMILES string of the molecule is CCC(CC)(CN)NC(=O)Cc1csc(NC(=O)c2ccoc2C)n1.Cl.Cl. The number of nitrogens with two attached hydrogens (primary N) is 1. The first kappa shape index (κ1) is 25.4. The third-order valence-electron chi connectivity index (χ3n) is 4.37. The number of halogens is 2. The maximum Gasteiger partial charge on any atom is 0.260 e. The van der Waals surface area contributed by atoms with Gasteiger partial charge in [-0.05, 0) is 25.8 Å². The number of thiazole rings is 1. The van der Waals surface area contributed by atoms with Gasteiger partial charge >= 0.3 is 0 Å². The summed E-state index contributed by atoms with van der Waals surface area (Å²) in [6, 6.07) is 1.61. The Balaban J connectivity index is 0.00000338. The maximum atomic E-state index is 12.3. The largest absolute Gasteiger partial charge is 0.469 e. The minimum atomic E-state index is -0.372. The van der Waals surface area contributed by atoms with Crippen molar-refractivity contribution in [1.29, 1.82) is 0 Å². The van der Waals surface area contributed by atoms with Crippen LogP contribution in [0, 0.1) is 6.92 Å². The average molecular weight is 437 g/mol. The highest BCUT2D eigenvalue weighted by Crippen LogP contribution is 2.19. The van der Waals surface area contributed by atoms with E-state index >= 15 is 0 Å². The van der Waals surface area contributed by atoms with E-state index in [0.29, 0.717) is 28.7 Å². The van der Waals surface area contributed by atoms with Crippen molar-refractivity contribution in [1.82, 2.24) is 10.3 Å². The lowest BCUT2D eigenvalue weighted by molar-refractivity contribution is -0.122. The van der Waals surface area contributed by atoms with Gasteiger partial charge in [0.15, 0.2) is 5.13 Å². The van der Waals surface area contributed by atoms with E-state index in [0.717, 1.165) is 12.8 Å². The van der Waals surface area contributed by atoms with Crippen LogP contribution in [0.1, 0.15) is 48.5 Å². The number of nitrogens with one attached hydrogen (secondary N) is 2. The molecule has 0 aliphatic heterocycles. The van der Waals surface area contributed by atoms with Crippen molar-refractivity contribution in [2.45, 2.75) is 45.6 Å². The fourth-order valence-corrected chi connectivity index (χ4v) is 3.21. The van der Waals surface area contributed by atoms with Gasteiger partial charge in [-0.1, -0.05) is 13.8 Å². The van der Waals surface area contributed by atoms with E-state index in [9.17, 15) is 9.59 Å². The number of aromatic nitrogens is 1. The third-order valence-corrected chi connectivity index (χ3v) is 5.17. The van der Waals surface area contributed by atoms with E-state index in [2.05, 4.69) is 15.6 Å². The van der Waals surface area contributed by atoms with Crippen LogP contribution in [-0.2, 0) is 11.2 Å². The van der Waals surface area contributed by atoms with Crippen molar-refractivity contribution in [3.05, 3.63) is 34.7 Å². The van der Waals surface area contributed by atoms with E-state index in [4.69, 9.17) is 10.2 Å². The first-order chi connectivity index (χ1) is 11.9. The van der Waals surface area contributed by atoms with Crippen molar-refractivity contribution in [2.24, 2.45) is 5.73 Å². The van der Waals surface area contributed by atoms with Gasteiger partial charge in [-0.2, -0.15) is 0 Å². The summed E-state index contributed by atoms with van der Waals surface area (Å²) >= 11 is 1.28. The zero-order valence-electron chi connectivity index (χ0n) is 15.5. The molecule has 152 valence electrons. The van der Waals surface area contributed by atoms with Gasteiger partial charge in [0.1, 0.15) is 5.76 Å². The molecule has 0 spiro atoms. The summed E-state index contributed by atoms with van der Waals surface area (Å²) in [6.07, 6.45) is 3.16. The van der Waals surface area contributed by atoms with E-state index < -0.39 is 0 Å². The Morgan fingerprint density at radius 2 is 1.96 bits per heavy atom. The van der Waals surface area contributed by atoms with Gasteiger partial charge in [0, 0.05) is 11.9 Å². The summed E-state index contributed by atoms with van der Waals surface area (Å²) in [5.41, 5.74) is 6.51. The summed E-state index contributed by atoms with van der Waals surface area (Å²) in [4.78, 5) is 28.7. The third kappa shape index (κ3) is 6.49. The van der Waals surface area contributed by atoms with Gasteiger partial charge in [0.05, 0.1) is 29.5 Å². The molecule has 0 saturated carbocycles. The highest BCUT2D eigenvalue weighted by Gasteiger charge is 2.26. The quantitative estimate of drug-likeness (QED) is 0.587. The number of carbonyl (C=O) groups is 2. The molecule has 2 heterocycles. The number of hydrogen-bond acceptors (Lipinski definition) is 6. The molecule has 0 bridgehead atoms. The second kappa shape index (κ2) is 11.3. The van der Waals surface area contributed by atoms with Crippen LogP contribution >= 0.6 is 36.2 Å². The normalized spacial score (nSPS) is 10.5. The molecule has 0 fully saturated rings. The standard InChI is InChI=1S/C17H24N4O3S.2ClH/c1-4-17(5-2,10-18)21-14(22)8-12-9-25-16(19-12)20-15(23)13-6-7-24-11(13)3;;/h6-7,9H,4-5,8,10,18H2,1-3H3,(H,21,22)(H,19,20,23);2*1H. The second-order valence-electron chi connectivity index (χ2n) is 5.91. The lowest BCUT2D eigenvalue weighted by Crippen LogP contribution is -2.53. The van der Waals surface area contributed by atoms with Crippen molar-refractivity contribution in [2.75, 3.05) is 11.9 Å². The molecular weight excluding hydrogens is 411 g/mol. The molecular formula is C17H26Cl2N4O3S. The molecule has 2 amide bonds. The Bertz CT molecular complexity index is 736. The van der Waals surface area contributed by atoms with Crippen LogP contribution in [0.2, 0.25) is 0 Å². The number of rotatable bonds is 8. The van der Waals surface area contributed by atoms with Gasteiger partial charge in [-0.3, -0.25) is 14.9 Å². The van der Waals surface area contributed by atoms with Crippen LogP contribution in [0.25, 0.3) is 0 Å². The number of carbonyl (C=O) groups excluding carboxylic acids is 2. The van der Waals surface area contributed by atoms with Crippen LogP contribution in [0.5, 0.6) is 0 Å². The summed E-state index contributed by atoms with van der Waals surface area (Å²) in [6.45, 7) is 6.13. The molecule has 4 N–H and O–H groups in total. The van der Waals surface area contributed by atoms with Crippen molar-refractivity contribution in [3.63, 3.8) is 0 Å². The number of aryl methyl sites for hydroxylation is 1. The topological polar surface area (TPSA) is 110 Å². The molecule has 10 heteroatoms. The van der Waals surface area contributed by atoms with Gasteiger partial charge < -0.3 is 15.5 Å². The predicted molar refractivity (Wildman–Crippen MR) is 112 cm³/mol. The van der Waals surface area contributed by atoms with Crippen LogP contribution < -0.4 is 16.4 Å². The maximum absolute atomic E-state index is 12.3. The summed E-state index contributed by atoms with van der Waals surface area (Å²) in [5.74, 6) is 0.143. The Morgan fingerprint density at radius 1 is 1.30 bits per heavy atom. The molecule has 0 aromatic carbocycles. The number of nitrogens with zero attached hydrogens (tertiary/aromatic N) is 1.